The molecule has 3 aromatic rings. The van der Waals surface area contributed by atoms with Gasteiger partial charge in [-0.3, -0.25) is 9.36 Å². The monoisotopic (exact) mass is 348 g/mol. The molecule has 1 unspecified atom stereocenters. The second-order valence-corrected chi connectivity index (χ2v) is 5.44. The molecule has 8 heteroatoms. The maximum absolute atomic E-state index is 13.6. The summed E-state index contributed by atoms with van der Waals surface area (Å²) in [6.07, 6.45) is -1.56. The van der Waals surface area contributed by atoms with Crippen molar-refractivity contribution in [2.24, 2.45) is 7.05 Å². The number of amides is 1. The van der Waals surface area contributed by atoms with Crippen LogP contribution in [-0.2, 0) is 7.05 Å². The summed E-state index contributed by atoms with van der Waals surface area (Å²) in [4.78, 5) is 23.9. The number of aryl methyl sites for hydroxylation is 1. The lowest BCUT2D eigenvalue weighted by molar-refractivity contribution is 0.0912. The molecular weight excluding hydrogens is 334 g/mol. The van der Waals surface area contributed by atoms with Gasteiger partial charge in [0.25, 0.3) is 5.91 Å². The van der Waals surface area contributed by atoms with Crippen molar-refractivity contribution in [3.05, 3.63) is 69.7 Å². The molecule has 0 spiro atoms. The number of carbonyl (C=O) groups excluding carboxylic acids is 1. The number of hydrogen-bond acceptors (Lipinski definition) is 4. The van der Waals surface area contributed by atoms with Crippen molar-refractivity contribution >= 4 is 17.0 Å². The number of aliphatic hydroxyl groups is 1. The number of aromatic nitrogens is 1. The number of benzene rings is 2. The fourth-order valence-electron chi connectivity index (χ4n) is 2.54. The summed E-state index contributed by atoms with van der Waals surface area (Å²) in [5.74, 6) is -3.07. The molecule has 25 heavy (non-hydrogen) atoms. The molecule has 0 aliphatic carbocycles. The van der Waals surface area contributed by atoms with E-state index in [4.69, 9.17) is 4.42 Å². The highest BCUT2D eigenvalue weighted by Crippen LogP contribution is 2.21. The Balaban J connectivity index is 1.82. The van der Waals surface area contributed by atoms with Crippen LogP contribution in [0.2, 0.25) is 0 Å². The second kappa shape index (κ2) is 6.48. The van der Waals surface area contributed by atoms with Crippen molar-refractivity contribution in [2.45, 2.75) is 6.10 Å². The van der Waals surface area contributed by atoms with Gasteiger partial charge in [-0.25, -0.2) is 13.6 Å². The van der Waals surface area contributed by atoms with Gasteiger partial charge in [0.2, 0.25) is 0 Å². The lowest BCUT2D eigenvalue weighted by atomic mass is 10.1. The normalized spacial score (nSPS) is 12.3. The maximum atomic E-state index is 13.6. The van der Waals surface area contributed by atoms with E-state index in [1.807, 2.05) is 0 Å². The Labute approximate surface area is 140 Å². The quantitative estimate of drug-likeness (QED) is 0.754. The molecule has 0 aliphatic rings. The zero-order valence-electron chi connectivity index (χ0n) is 13.1. The van der Waals surface area contributed by atoms with E-state index in [-0.39, 0.29) is 11.1 Å². The van der Waals surface area contributed by atoms with Gasteiger partial charge in [-0.1, -0.05) is 12.1 Å². The van der Waals surface area contributed by atoms with E-state index < -0.39 is 41.5 Å². The van der Waals surface area contributed by atoms with Gasteiger partial charge in [0.1, 0.15) is 17.7 Å². The largest absolute Gasteiger partial charge is 0.419 e. The highest BCUT2D eigenvalue weighted by Gasteiger charge is 2.20. The number of carbonyl (C=O) groups is 1. The predicted octanol–water partition coefficient (Wildman–Crippen LogP) is 1.87. The summed E-state index contributed by atoms with van der Waals surface area (Å²) in [7, 11) is 1.50. The zero-order chi connectivity index (χ0) is 18.1. The van der Waals surface area contributed by atoms with E-state index in [0.29, 0.717) is 5.52 Å². The third-order valence-electron chi connectivity index (χ3n) is 3.85. The zero-order valence-corrected chi connectivity index (χ0v) is 13.1. The highest BCUT2D eigenvalue weighted by atomic mass is 19.1. The van der Waals surface area contributed by atoms with Crippen molar-refractivity contribution in [1.82, 2.24) is 9.88 Å². The standard InChI is InChI=1S/C17H14F2N2O4/c1-21-12-7-2-4-9(15(12)25-17(21)24)16(23)20-8-13(22)14-10(18)5-3-6-11(14)19/h2-7,13,22H,8H2,1H3,(H,20,23). The van der Waals surface area contributed by atoms with Crippen molar-refractivity contribution in [3.8, 4) is 0 Å². The van der Waals surface area contributed by atoms with Crippen LogP contribution in [0, 0.1) is 11.6 Å². The first kappa shape index (κ1) is 16.8. The van der Waals surface area contributed by atoms with Gasteiger partial charge in [-0.05, 0) is 24.3 Å². The maximum Gasteiger partial charge on any atom is 0.419 e. The number of nitrogens with zero attached hydrogens (tertiary/aromatic N) is 1. The Hall–Kier alpha value is -3.00. The summed E-state index contributed by atoms with van der Waals surface area (Å²) in [6.45, 7) is -0.413. The van der Waals surface area contributed by atoms with Crippen LogP contribution in [0.1, 0.15) is 22.0 Å². The third kappa shape index (κ3) is 3.03. The molecule has 2 N–H and O–H groups in total. The van der Waals surface area contributed by atoms with Gasteiger partial charge < -0.3 is 14.8 Å². The van der Waals surface area contributed by atoms with Crippen LogP contribution >= 0.6 is 0 Å². The first-order chi connectivity index (χ1) is 11.9. The van der Waals surface area contributed by atoms with E-state index in [1.54, 1.807) is 12.1 Å². The molecule has 2 aromatic carbocycles. The number of nitrogens with one attached hydrogen (secondary N) is 1. The minimum Gasteiger partial charge on any atom is -0.407 e. The SMILES string of the molecule is Cn1c(=O)oc2c(C(=O)NCC(O)c3c(F)cccc3F)cccc21. The minimum atomic E-state index is -1.56. The molecule has 0 fully saturated rings. The third-order valence-corrected chi connectivity index (χ3v) is 3.85. The molecule has 1 aromatic heterocycles. The Morgan fingerprint density at radius 3 is 2.56 bits per heavy atom. The molecule has 3 rings (SSSR count). The van der Waals surface area contributed by atoms with Crippen LogP contribution in [0.3, 0.4) is 0 Å². The van der Waals surface area contributed by atoms with Crippen LogP contribution in [0.25, 0.3) is 11.1 Å². The molecule has 0 saturated heterocycles. The number of para-hydroxylation sites is 1. The number of hydrogen-bond donors (Lipinski definition) is 2. The molecule has 0 saturated carbocycles. The fourth-order valence-corrected chi connectivity index (χ4v) is 2.54. The van der Waals surface area contributed by atoms with Gasteiger partial charge in [0.15, 0.2) is 5.58 Å². The molecule has 1 heterocycles. The molecule has 6 nitrogen and oxygen atoms in total. The van der Waals surface area contributed by atoms with Crippen LogP contribution in [-0.4, -0.2) is 22.1 Å². The van der Waals surface area contributed by atoms with Crippen molar-refractivity contribution in [3.63, 3.8) is 0 Å². The fraction of sp³-hybridized carbons (Fsp3) is 0.176. The predicted molar refractivity (Wildman–Crippen MR) is 85.1 cm³/mol. The minimum absolute atomic E-state index is 0.0800. The average Bonchev–Trinajstić information content (AvgIpc) is 2.87. The lowest BCUT2D eigenvalue weighted by Gasteiger charge is -2.14. The molecule has 0 aliphatic heterocycles. The van der Waals surface area contributed by atoms with E-state index in [2.05, 4.69) is 5.32 Å². The van der Waals surface area contributed by atoms with Gasteiger partial charge in [0, 0.05) is 13.6 Å². The van der Waals surface area contributed by atoms with Crippen molar-refractivity contribution in [1.29, 1.82) is 0 Å². The number of rotatable bonds is 4. The van der Waals surface area contributed by atoms with Gasteiger partial charge in [-0.2, -0.15) is 0 Å². The number of halogens is 2. The van der Waals surface area contributed by atoms with Crippen LogP contribution in [0.4, 0.5) is 8.78 Å². The summed E-state index contributed by atoms with van der Waals surface area (Å²) >= 11 is 0. The summed E-state index contributed by atoms with van der Waals surface area (Å²) in [5.41, 5.74) is 0.0843. The smallest absolute Gasteiger partial charge is 0.407 e. The van der Waals surface area contributed by atoms with E-state index in [1.165, 1.54) is 23.7 Å². The van der Waals surface area contributed by atoms with E-state index in [9.17, 15) is 23.5 Å². The Morgan fingerprint density at radius 2 is 1.88 bits per heavy atom. The first-order valence-corrected chi connectivity index (χ1v) is 7.39. The average molecular weight is 348 g/mol. The van der Waals surface area contributed by atoms with Crippen LogP contribution in [0.15, 0.2) is 45.6 Å². The van der Waals surface area contributed by atoms with Crippen molar-refractivity contribution < 1.29 is 23.1 Å². The highest BCUT2D eigenvalue weighted by molar-refractivity contribution is 6.04. The topological polar surface area (TPSA) is 84.5 Å². The lowest BCUT2D eigenvalue weighted by Crippen LogP contribution is -2.29. The van der Waals surface area contributed by atoms with Gasteiger partial charge in [-0.15, -0.1) is 0 Å². The Kier molecular flexibility index (Phi) is 4.37. The number of fused-ring (bicyclic) bond motifs is 1. The molecular formula is C17H14F2N2O4. The first-order valence-electron chi connectivity index (χ1n) is 7.39. The molecule has 1 atom stereocenters. The molecule has 1 amide bonds. The summed E-state index contributed by atoms with van der Waals surface area (Å²) < 4.78 is 33.6. The number of oxazole rings is 1. The molecule has 130 valence electrons. The molecule has 0 radical (unpaired) electrons. The summed E-state index contributed by atoms with van der Waals surface area (Å²) in [5, 5.41) is 12.3. The van der Waals surface area contributed by atoms with Gasteiger partial charge >= 0.3 is 5.76 Å². The van der Waals surface area contributed by atoms with Crippen LogP contribution in [0.5, 0.6) is 0 Å². The Bertz CT molecular complexity index is 989. The van der Waals surface area contributed by atoms with E-state index >= 15 is 0 Å². The van der Waals surface area contributed by atoms with Gasteiger partial charge in [0.05, 0.1) is 16.6 Å². The van der Waals surface area contributed by atoms with Crippen LogP contribution < -0.4 is 11.1 Å². The number of aliphatic hydroxyl groups excluding tert-OH is 1. The molecule has 0 bridgehead atoms. The van der Waals surface area contributed by atoms with E-state index in [0.717, 1.165) is 12.1 Å². The second-order valence-electron chi connectivity index (χ2n) is 5.44. The van der Waals surface area contributed by atoms with Crippen molar-refractivity contribution in [2.75, 3.05) is 6.54 Å². The Morgan fingerprint density at radius 1 is 1.24 bits per heavy atom. The summed E-state index contributed by atoms with van der Waals surface area (Å²) in [6, 6.07) is 7.83.